The molecule has 0 saturated heterocycles. The molecular weight excluding hydrogens is 944 g/mol. The number of hydrogen-bond donors (Lipinski definition) is 6. The number of ether oxygens (including phenoxy) is 2. The van der Waals surface area contributed by atoms with Crippen molar-refractivity contribution >= 4 is 42.4 Å². The molecule has 0 fully saturated rings. The minimum absolute atomic E-state index is 0.0324. The third-order valence-corrected chi connectivity index (χ3v) is 17.1. The first kappa shape index (κ1) is 47.3. The lowest BCUT2D eigenvalue weighted by Crippen LogP contribution is -2.38. The van der Waals surface area contributed by atoms with E-state index in [4.69, 9.17) is 9.47 Å². The Kier molecular flexibility index (Phi) is 11.7. The van der Waals surface area contributed by atoms with Crippen LogP contribution in [0.1, 0.15) is 68.0 Å². The smallest absolute Gasteiger partial charge is 0.419 e. The molecular formula is C50H47F5N4O8S2. The summed E-state index contributed by atoms with van der Waals surface area (Å²) >= 11 is 0. The molecule has 4 aliphatic rings. The molecule has 9 rings (SSSR count). The van der Waals surface area contributed by atoms with E-state index in [9.17, 15) is 40.2 Å². The maximum Gasteiger partial charge on any atom is 0.419 e. The van der Waals surface area contributed by atoms with E-state index in [1.807, 2.05) is 0 Å². The van der Waals surface area contributed by atoms with Crippen LogP contribution in [0, 0.1) is 22.5 Å². The van der Waals surface area contributed by atoms with Crippen LogP contribution in [0.15, 0.2) is 125 Å². The fraction of sp³-hybridized carbons (Fsp3) is 0.280. The number of halogens is 5. The van der Waals surface area contributed by atoms with E-state index < -0.39 is 83.2 Å². The summed E-state index contributed by atoms with van der Waals surface area (Å²) in [6.45, 7) is 8.86. The van der Waals surface area contributed by atoms with Crippen LogP contribution >= 0.6 is 0 Å². The highest BCUT2D eigenvalue weighted by molar-refractivity contribution is 7.95. The number of hydrogen-bond acceptors (Lipinski definition) is 12. The van der Waals surface area contributed by atoms with Gasteiger partial charge in [0.15, 0.2) is 19.7 Å². The number of alkyl halides is 3. The SMILES string of the molecule is C=CCOc1ccc(C2Nc3cccc(O)c3NC3=C2S(=O)(=O)CC(C)(Cc2ccc(C(F)(F)F)c(Oc4cc(F)ccc4C4Nc5cccc(O)c5NC5=C4S(=O)(=O)CC(C)(C)C5)c2)C3)c(F)c1. The van der Waals surface area contributed by atoms with E-state index in [0.717, 1.165) is 30.3 Å². The first-order valence-corrected chi connectivity index (χ1v) is 25.1. The molecule has 362 valence electrons. The van der Waals surface area contributed by atoms with Crippen LogP contribution in [0.5, 0.6) is 28.7 Å². The summed E-state index contributed by atoms with van der Waals surface area (Å²) in [4.78, 5) is -0.345. The topological polar surface area (TPSA) is 175 Å². The van der Waals surface area contributed by atoms with Crippen LogP contribution < -0.4 is 30.7 Å². The second-order valence-electron chi connectivity index (χ2n) is 18.9. The first-order chi connectivity index (χ1) is 32.4. The van der Waals surface area contributed by atoms with Crippen LogP contribution in [0.4, 0.5) is 44.7 Å². The van der Waals surface area contributed by atoms with Gasteiger partial charge in [0.2, 0.25) is 0 Å². The van der Waals surface area contributed by atoms with Gasteiger partial charge in [-0.2, -0.15) is 13.2 Å². The highest BCUT2D eigenvalue weighted by atomic mass is 32.2. The molecule has 3 unspecified atom stereocenters. The average Bonchev–Trinajstić information content (AvgIpc) is 3.51. The zero-order valence-electron chi connectivity index (χ0n) is 37.4. The Labute approximate surface area is 395 Å². The molecule has 19 heteroatoms. The van der Waals surface area contributed by atoms with Gasteiger partial charge in [-0.1, -0.05) is 51.6 Å². The van der Waals surface area contributed by atoms with Gasteiger partial charge in [0, 0.05) is 34.7 Å². The fourth-order valence-corrected chi connectivity index (χ4v) is 14.6. The quantitative estimate of drug-likeness (QED) is 0.0469. The summed E-state index contributed by atoms with van der Waals surface area (Å²) in [5.74, 6) is -3.97. The van der Waals surface area contributed by atoms with Crippen molar-refractivity contribution in [2.75, 3.05) is 39.4 Å². The number of fused-ring (bicyclic) bond motifs is 2. The minimum atomic E-state index is -5.01. The number of phenolic OH excluding ortho intramolecular Hbond substituents is 2. The Bertz CT molecular complexity index is 3250. The van der Waals surface area contributed by atoms with Gasteiger partial charge >= 0.3 is 6.18 Å². The van der Waals surface area contributed by atoms with Gasteiger partial charge in [-0.05, 0) is 96.3 Å². The third-order valence-electron chi connectivity index (χ3n) is 12.5. The number of anilines is 4. The predicted molar refractivity (Wildman–Crippen MR) is 253 cm³/mol. The van der Waals surface area contributed by atoms with Gasteiger partial charge < -0.3 is 41.0 Å². The number of sulfone groups is 2. The van der Waals surface area contributed by atoms with Crippen LogP contribution in [0.3, 0.4) is 0 Å². The molecule has 4 aliphatic heterocycles. The molecule has 4 heterocycles. The van der Waals surface area contributed by atoms with Crippen molar-refractivity contribution in [1.82, 2.24) is 0 Å². The van der Waals surface area contributed by atoms with E-state index in [1.54, 1.807) is 32.9 Å². The molecule has 0 aromatic heterocycles. The summed E-state index contributed by atoms with van der Waals surface area (Å²) in [6, 6.07) is 16.6. The molecule has 0 spiro atoms. The summed E-state index contributed by atoms with van der Waals surface area (Å²) in [5.41, 5.74) is -1.94. The lowest BCUT2D eigenvalue weighted by molar-refractivity contribution is -0.138. The highest BCUT2D eigenvalue weighted by Crippen LogP contribution is 2.53. The van der Waals surface area contributed by atoms with E-state index in [-0.39, 0.29) is 110 Å². The fourth-order valence-electron chi connectivity index (χ4n) is 9.91. The summed E-state index contributed by atoms with van der Waals surface area (Å²) in [5, 5.41) is 34.3. The second kappa shape index (κ2) is 17.0. The van der Waals surface area contributed by atoms with Gasteiger partial charge in [0.05, 0.1) is 50.3 Å². The number of nitrogens with one attached hydrogen (secondary N) is 4. The van der Waals surface area contributed by atoms with Crippen molar-refractivity contribution in [3.05, 3.63) is 159 Å². The second-order valence-corrected chi connectivity index (χ2v) is 22.8. The first-order valence-electron chi connectivity index (χ1n) is 21.8. The average molecular weight is 991 g/mol. The van der Waals surface area contributed by atoms with Gasteiger partial charge in [0.25, 0.3) is 0 Å². The monoisotopic (exact) mass is 990 g/mol. The van der Waals surface area contributed by atoms with Crippen molar-refractivity contribution in [2.45, 2.75) is 58.3 Å². The molecule has 0 bridgehead atoms. The van der Waals surface area contributed by atoms with Gasteiger partial charge in [-0.3, -0.25) is 0 Å². The Hall–Kier alpha value is -6.73. The summed E-state index contributed by atoms with van der Waals surface area (Å²) in [6.07, 6.45) is -3.51. The molecule has 0 radical (unpaired) electrons. The maximum atomic E-state index is 16.0. The standard InChI is InChI=1S/C50H47F5N4O8S2/c1-5-18-66-29-14-16-30(33(52)21-29)42-47-37(59-45-34(56-42)8-6-11-39(45)61)24-49(4,26-69(47,64)65)22-27-12-17-32(50(53,54)55)41(19-27)67-40-20-28(51)13-15-31(40)43-46-36(23-48(2,3)25-68(46,62)63)58-44-35(57-43)9-7-10-38(44)60/h5-17,19-21,42-43,56-61H,1,18,22-26H2,2-4H3. The van der Waals surface area contributed by atoms with Gasteiger partial charge in [-0.25, -0.2) is 25.6 Å². The van der Waals surface area contributed by atoms with Crippen molar-refractivity contribution in [3.63, 3.8) is 0 Å². The summed E-state index contributed by atoms with van der Waals surface area (Å²) < 4.78 is 145. The largest absolute Gasteiger partial charge is 0.506 e. The van der Waals surface area contributed by atoms with Gasteiger partial charge in [0.1, 0.15) is 58.4 Å². The third kappa shape index (κ3) is 9.16. The van der Waals surface area contributed by atoms with Crippen LogP contribution in [0.2, 0.25) is 0 Å². The van der Waals surface area contributed by atoms with E-state index >= 15 is 8.78 Å². The van der Waals surface area contributed by atoms with Crippen LogP contribution in [-0.2, 0) is 32.3 Å². The molecule has 0 saturated carbocycles. The van der Waals surface area contributed by atoms with Crippen LogP contribution in [0.25, 0.3) is 0 Å². The minimum Gasteiger partial charge on any atom is -0.506 e. The van der Waals surface area contributed by atoms with Crippen molar-refractivity contribution < 1.29 is 58.5 Å². The Morgan fingerprint density at radius 1 is 0.739 bits per heavy atom. The molecule has 5 aromatic carbocycles. The van der Waals surface area contributed by atoms with Crippen molar-refractivity contribution in [2.24, 2.45) is 10.8 Å². The number of phenols is 2. The Balaban J connectivity index is 1.11. The van der Waals surface area contributed by atoms with Crippen molar-refractivity contribution in [1.29, 1.82) is 0 Å². The summed E-state index contributed by atoms with van der Waals surface area (Å²) in [7, 11) is -8.47. The van der Waals surface area contributed by atoms with Crippen molar-refractivity contribution in [3.8, 4) is 28.7 Å². The van der Waals surface area contributed by atoms with E-state index in [2.05, 4.69) is 27.8 Å². The molecule has 12 nitrogen and oxygen atoms in total. The highest BCUT2D eigenvalue weighted by Gasteiger charge is 2.47. The Morgan fingerprint density at radius 2 is 1.33 bits per heavy atom. The molecule has 3 atom stereocenters. The maximum absolute atomic E-state index is 16.0. The van der Waals surface area contributed by atoms with Gasteiger partial charge in [-0.15, -0.1) is 0 Å². The molecule has 6 N–H and O–H groups in total. The number of para-hydroxylation sites is 2. The molecule has 0 aliphatic carbocycles. The lowest BCUT2D eigenvalue weighted by atomic mass is 9.80. The number of allylic oxidation sites excluding steroid dienone is 2. The zero-order valence-corrected chi connectivity index (χ0v) is 39.0. The number of aromatic hydroxyl groups is 2. The number of rotatable bonds is 9. The zero-order chi connectivity index (χ0) is 49.4. The van der Waals surface area contributed by atoms with E-state index in [0.29, 0.717) is 0 Å². The van der Waals surface area contributed by atoms with E-state index in [1.165, 1.54) is 54.6 Å². The molecule has 5 aromatic rings. The van der Waals surface area contributed by atoms with Crippen LogP contribution in [-0.4, -0.2) is 45.2 Å². The molecule has 69 heavy (non-hydrogen) atoms. The number of benzene rings is 5. The lowest BCUT2D eigenvalue weighted by Gasteiger charge is -2.37. The normalized spacial score (nSPS) is 22.1. The predicted octanol–water partition coefficient (Wildman–Crippen LogP) is 11.2. The molecule has 0 amide bonds. The Morgan fingerprint density at radius 3 is 1.94 bits per heavy atom.